The average molecular weight is 141 g/mol. The maximum absolute atomic E-state index is 5.37. The summed E-state index contributed by atoms with van der Waals surface area (Å²) in [7, 11) is 1.65. The van der Waals surface area contributed by atoms with Gasteiger partial charge in [-0.3, -0.25) is 4.81 Å². The van der Waals surface area contributed by atoms with Gasteiger partial charge in [0, 0.05) is 19.8 Å². The van der Waals surface area contributed by atoms with Crippen LogP contribution < -0.4 is 0 Å². The van der Waals surface area contributed by atoms with Crippen LogP contribution in [-0.4, -0.2) is 38.4 Å². The minimum Gasteiger partial charge on any atom is -0.400 e. The maximum Gasteiger partial charge on any atom is 0.557 e. The monoisotopic (exact) mass is 141 g/mol. The molecular formula is C6H12BNO2. The Balaban J connectivity index is 2.01. The van der Waals surface area contributed by atoms with Gasteiger partial charge in [0.05, 0.1) is 0 Å². The van der Waals surface area contributed by atoms with E-state index in [9.17, 15) is 0 Å². The molecule has 0 aromatic carbocycles. The van der Waals surface area contributed by atoms with Crippen LogP contribution in [0.1, 0.15) is 12.8 Å². The van der Waals surface area contributed by atoms with E-state index < -0.39 is 0 Å². The van der Waals surface area contributed by atoms with Crippen LogP contribution in [0.4, 0.5) is 0 Å². The molecule has 0 amide bonds. The molecule has 0 spiro atoms. The van der Waals surface area contributed by atoms with Gasteiger partial charge < -0.3 is 9.31 Å². The summed E-state index contributed by atoms with van der Waals surface area (Å²) >= 11 is 0. The SMILES string of the molecule is COB1OC[C@@H]2CCCN12. The van der Waals surface area contributed by atoms with Crippen LogP contribution in [0.3, 0.4) is 0 Å². The molecule has 1 atom stereocenters. The van der Waals surface area contributed by atoms with Gasteiger partial charge in [-0.1, -0.05) is 0 Å². The van der Waals surface area contributed by atoms with Crippen LogP contribution in [0.25, 0.3) is 0 Å². The number of rotatable bonds is 1. The van der Waals surface area contributed by atoms with Gasteiger partial charge in [0.25, 0.3) is 0 Å². The van der Waals surface area contributed by atoms with E-state index >= 15 is 0 Å². The summed E-state index contributed by atoms with van der Waals surface area (Å²) in [5.74, 6) is 0. The van der Waals surface area contributed by atoms with Crippen molar-refractivity contribution < 1.29 is 9.31 Å². The van der Waals surface area contributed by atoms with Gasteiger partial charge in [-0.25, -0.2) is 0 Å². The van der Waals surface area contributed by atoms with E-state index in [1.54, 1.807) is 7.11 Å². The second kappa shape index (κ2) is 2.53. The molecule has 56 valence electrons. The Morgan fingerprint density at radius 3 is 3.40 bits per heavy atom. The molecular weight excluding hydrogens is 129 g/mol. The molecule has 4 heteroatoms. The minimum atomic E-state index is -0.0486. The first-order chi connectivity index (χ1) is 4.92. The first-order valence-corrected chi connectivity index (χ1v) is 3.82. The second-order valence-corrected chi connectivity index (χ2v) is 2.91. The molecule has 0 aromatic heterocycles. The normalized spacial score (nSPS) is 33.3. The summed E-state index contributed by atoms with van der Waals surface area (Å²) < 4.78 is 10.5. The molecule has 0 unspecified atom stereocenters. The third-order valence-electron chi connectivity index (χ3n) is 2.33. The zero-order valence-electron chi connectivity index (χ0n) is 6.25. The Morgan fingerprint density at radius 1 is 1.70 bits per heavy atom. The lowest BCUT2D eigenvalue weighted by atomic mass is 10.1. The first-order valence-electron chi connectivity index (χ1n) is 3.82. The number of hydrogen-bond donors (Lipinski definition) is 0. The first kappa shape index (κ1) is 6.64. The molecule has 0 aliphatic carbocycles. The van der Waals surface area contributed by atoms with Crippen molar-refractivity contribution in [2.75, 3.05) is 20.3 Å². The molecule has 0 aromatic rings. The maximum atomic E-state index is 5.37. The van der Waals surface area contributed by atoms with Gasteiger partial charge in [0.15, 0.2) is 0 Å². The second-order valence-electron chi connectivity index (χ2n) is 2.91. The van der Waals surface area contributed by atoms with E-state index in [1.807, 2.05) is 0 Å². The molecule has 3 nitrogen and oxygen atoms in total. The Morgan fingerprint density at radius 2 is 2.60 bits per heavy atom. The highest BCUT2D eigenvalue weighted by Gasteiger charge is 2.42. The molecule has 2 aliphatic heterocycles. The molecule has 2 heterocycles. The van der Waals surface area contributed by atoms with Crippen molar-refractivity contribution in [3.05, 3.63) is 0 Å². The number of hydrogen-bond acceptors (Lipinski definition) is 3. The minimum absolute atomic E-state index is 0.0486. The average Bonchev–Trinajstić information content (AvgIpc) is 2.44. The molecule has 0 saturated carbocycles. The molecule has 2 saturated heterocycles. The molecule has 0 bridgehead atoms. The van der Waals surface area contributed by atoms with Crippen molar-refractivity contribution in [1.29, 1.82) is 0 Å². The van der Waals surface area contributed by atoms with Gasteiger partial charge in [0.1, 0.15) is 0 Å². The number of fused-ring (bicyclic) bond motifs is 1. The summed E-state index contributed by atoms with van der Waals surface area (Å²) in [6, 6.07) is 0.643. The topological polar surface area (TPSA) is 21.7 Å². The van der Waals surface area contributed by atoms with E-state index in [1.165, 1.54) is 12.8 Å². The third kappa shape index (κ3) is 0.874. The fourth-order valence-electron chi connectivity index (χ4n) is 1.81. The lowest BCUT2D eigenvalue weighted by molar-refractivity contribution is 0.248. The van der Waals surface area contributed by atoms with E-state index in [4.69, 9.17) is 9.31 Å². The molecule has 0 radical (unpaired) electrons. The predicted molar refractivity (Wildman–Crippen MR) is 38.4 cm³/mol. The molecule has 10 heavy (non-hydrogen) atoms. The lowest BCUT2D eigenvalue weighted by Crippen LogP contribution is -2.37. The van der Waals surface area contributed by atoms with Crippen LogP contribution in [0, 0.1) is 0 Å². The standard InChI is InChI=1S/C6H12BNO2/c1-9-7-8-4-2-3-6(8)5-10-7/h6H,2-5H2,1H3/t6-/m0/s1. The van der Waals surface area contributed by atoms with Crippen molar-refractivity contribution in [2.24, 2.45) is 0 Å². The largest absolute Gasteiger partial charge is 0.557 e. The van der Waals surface area contributed by atoms with Crippen LogP contribution >= 0.6 is 0 Å². The Kier molecular flexibility index (Phi) is 1.68. The van der Waals surface area contributed by atoms with Crippen molar-refractivity contribution in [2.45, 2.75) is 18.9 Å². The molecule has 0 N–H and O–H groups in total. The molecule has 2 rings (SSSR count). The van der Waals surface area contributed by atoms with E-state index in [0.717, 1.165) is 13.2 Å². The van der Waals surface area contributed by atoms with Crippen LogP contribution in [0.15, 0.2) is 0 Å². The molecule has 2 aliphatic rings. The lowest BCUT2D eigenvalue weighted by Gasteiger charge is -2.14. The highest BCUT2D eigenvalue weighted by Crippen LogP contribution is 2.24. The van der Waals surface area contributed by atoms with E-state index in [2.05, 4.69) is 4.81 Å². The van der Waals surface area contributed by atoms with Crippen LogP contribution in [0.5, 0.6) is 0 Å². The number of nitrogens with zero attached hydrogens (tertiary/aromatic N) is 1. The Labute approximate surface area is 61.5 Å². The third-order valence-corrected chi connectivity index (χ3v) is 2.33. The highest BCUT2D eigenvalue weighted by molar-refractivity contribution is 6.41. The zero-order valence-corrected chi connectivity index (χ0v) is 6.25. The van der Waals surface area contributed by atoms with E-state index in [0.29, 0.717) is 6.04 Å². The fourth-order valence-corrected chi connectivity index (χ4v) is 1.81. The van der Waals surface area contributed by atoms with Gasteiger partial charge in [-0.2, -0.15) is 0 Å². The van der Waals surface area contributed by atoms with Crippen molar-refractivity contribution in [3.8, 4) is 0 Å². The van der Waals surface area contributed by atoms with Gasteiger partial charge >= 0.3 is 7.25 Å². The predicted octanol–water partition coefficient (Wildman–Crippen LogP) is 0.112. The molecule has 2 fully saturated rings. The van der Waals surface area contributed by atoms with E-state index in [-0.39, 0.29) is 7.25 Å². The summed E-state index contributed by atoms with van der Waals surface area (Å²) in [4.78, 5) is 2.29. The Bertz CT molecular complexity index is 133. The summed E-state index contributed by atoms with van der Waals surface area (Å²) in [5.41, 5.74) is 0. The Hall–Kier alpha value is -0.0551. The van der Waals surface area contributed by atoms with Crippen molar-refractivity contribution in [1.82, 2.24) is 4.81 Å². The summed E-state index contributed by atoms with van der Waals surface area (Å²) in [5, 5.41) is 0. The summed E-state index contributed by atoms with van der Waals surface area (Å²) in [6.07, 6.45) is 2.58. The van der Waals surface area contributed by atoms with Gasteiger partial charge in [-0.15, -0.1) is 0 Å². The smallest absolute Gasteiger partial charge is 0.400 e. The fraction of sp³-hybridized carbons (Fsp3) is 1.00. The highest BCUT2D eigenvalue weighted by atomic mass is 16.6. The zero-order chi connectivity index (χ0) is 6.97. The van der Waals surface area contributed by atoms with Crippen molar-refractivity contribution in [3.63, 3.8) is 0 Å². The van der Waals surface area contributed by atoms with Crippen molar-refractivity contribution >= 4 is 7.25 Å². The summed E-state index contributed by atoms with van der Waals surface area (Å²) in [6.45, 7) is 2.00. The van der Waals surface area contributed by atoms with Gasteiger partial charge in [0.2, 0.25) is 0 Å². The van der Waals surface area contributed by atoms with Gasteiger partial charge in [-0.05, 0) is 19.4 Å². The quantitative estimate of drug-likeness (QED) is 0.484. The van der Waals surface area contributed by atoms with Crippen LogP contribution in [0.2, 0.25) is 0 Å². The van der Waals surface area contributed by atoms with Crippen LogP contribution in [-0.2, 0) is 9.31 Å².